The molecule has 0 aliphatic carbocycles. The average Bonchev–Trinajstić information content (AvgIpc) is 3.35. The van der Waals surface area contributed by atoms with Crippen molar-refractivity contribution in [2.45, 2.75) is 248 Å². The third-order valence-corrected chi connectivity index (χ3v) is 12.5. The largest absolute Gasteiger partial charge is 0.462 e. The van der Waals surface area contributed by atoms with Gasteiger partial charge in [0.25, 0.3) is 0 Å². The van der Waals surface area contributed by atoms with Gasteiger partial charge in [-0.1, -0.05) is 145 Å². The first-order valence-corrected chi connectivity index (χ1v) is 26.9. The SMILES string of the molecule is CCCCC/C=C/C/C=C/C/C=C/C/C=C/CCCCCC(=O)OC[C@@H](CO[C@@H]1O[C@H](CO[C@@H]2O[C@H](CO)[C@H](O)C(O)C2O)[C@H](O)C(O)C1O)OC(=O)CCCCCCCCC/C=C/CCCCCC. The van der Waals surface area contributed by atoms with Gasteiger partial charge in [0.2, 0.25) is 0 Å². The fourth-order valence-corrected chi connectivity index (χ4v) is 8.02. The molecule has 70 heavy (non-hydrogen) atoms. The Morgan fingerprint density at radius 3 is 1.40 bits per heavy atom. The Labute approximate surface area is 420 Å². The van der Waals surface area contributed by atoms with Crippen LogP contribution in [0.2, 0.25) is 0 Å². The first-order chi connectivity index (χ1) is 34.0. The van der Waals surface area contributed by atoms with Crippen LogP contribution in [0.15, 0.2) is 60.8 Å². The Kier molecular flexibility index (Phi) is 37.7. The number of esters is 2. The first-order valence-electron chi connectivity index (χ1n) is 26.9. The average molecular weight is 995 g/mol. The molecule has 0 bridgehead atoms. The summed E-state index contributed by atoms with van der Waals surface area (Å²) in [6, 6.07) is 0. The van der Waals surface area contributed by atoms with Crippen LogP contribution in [-0.2, 0) is 38.0 Å². The molecule has 2 fully saturated rings. The first kappa shape index (κ1) is 63.3. The summed E-state index contributed by atoms with van der Waals surface area (Å²) in [4.78, 5) is 25.8. The normalized spacial score (nSPS) is 25.8. The van der Waals surface area contributed by atoms with E-state index in [1.165, 1.54) is 64.2 Å². The van der Waals surface area contributed by atoms with E-state index in [1.54, 1.807) is 0 Å². The van der Waals surface area contributed by atoms with E-state index in [4.69, 9.17) is 28.4 Å². The highest BCUT2D eigenvalue weighted by atomic mass is 16.7. The Morgan fingerprint density at radius 2 is 0.857 bits per heavy atom. The highest BCUT2D eigenvalue weighted by Crippen LogP contribution is 2.26. The van der Waals surface area contributed by atoms with Crippen LogP contribution in [0, 0.1) is 0 Å². The van der Waals surface area contributed by atoms with Crippen LogP contribution in [0.1, 0.15) is 181 Å². The van der Waals surface area contributed by atoms with Gasteiger partial charge >= 0.3 is 11.9 Å². The second kappa shape index (κ2) is 41.6. The zero-order chi connectivity index (χ0) is 51.0. The van der Waals surface area contributed by atoms with E-state index in [0.717, 1.165) is 77.0 Å². The third-order valence-electron chi connectivity index (χ3n) is 12.5. The fraction of sp³-hybridized carbons (Fsp3) is 0.782. The standard InChI is InChI=1S/C55H94O15/c1-3-5-7-9-11-13-15-17-19-20-21-22-24-25-27-29-31-33-35-37-46(57)65-40-43(68-47(58)38-36-34-32-30-28-26-23-18-16-14-12-10-8-6-4-2)41-66-54-53(64)51(62)49(60)45(70-54)42-67-55-52(63)50(61)48(59)44(39-56)69-55/h11,13-14,16-17,19,21-22,25,27,43-45,48-56,59-64H,3-10,12,15,18,20,23-24,26,28-42H2,1-2H3/b13-11+,16-14+,19-17+,22-21+,27-25+/t43-,44+,45+,48-,49-,50?,51?,52?,53?,54+,55+/m0/s1. The van der Waals surface area contributed by atoms with Crippen LogP contribution < -0.4 is 0 Å². The molecule has 0 amide bonds. The Morgan fingerprint density at radius 1 is 0.457 bits per heavy atom. The summed E-state index contributed by atoms with van der Waals surface area (Å²) in [6.45, 7) is 2.51. The number of allylic oxidation sites excluding steroid dienone is 10. The van der Waals surface area contributed by atoms with E-state index in [-0.39, 0.29) is 19.4 Å². The van der Waals surface area contributed by atoms with Gasteiger partial charge in [0.05, 0.1) is 19.8 Å². The molecular weight excluding hydrogens is 901 g/mol. The summed E-state index contributed by atoms with van der Waals surface area (Å²) in [5, 5.41) is 72.1. The van der Waals surface area contributed by atoms with Gasteiger partial charge in [-0.25, -0.2) is 0 Å². The third kappa shape index (κ3) is 29.0. The zero-order valence-corrected chi connectivity index (χ0v) is 42.7. The number of hydrogen-bond acceptors (Lipinski definition) is 15. The predicted octanol–water partition coefficient (Wildman–Crippen LogP) is 8.05. The lowest BCUT2D eigenvalue weighted by molar-refractivity contribution is -0.332. The van der Waals surface area contributed by atoms with Crippen molar-refractivity contribution in [2.75, 3.05) is 26.4 Å². The summed E-state index contributed by atoms with van der Waals surface area (Å²) in [7, 11) is 0. The van der Waals surface area contributed by atoms with E-state index >= 15 is 0 Å². The number of aliphatic hydroxyl groups is 7. The van der Waals surface area contributed by atoms with Gasteiger partial charge in [-0.2, -0.15) is 0 Å². The van der Waals surface area contributed by atoms with Gasteiger partial charge < -0.3 is 64.2 Å². The van der Waals surface area contributed by atoms with Gasteiger partial charge in [-0.05, 0) is 83.5 Å². The number of carbonyl (C=O) groups excluding carboxylic acids is 2. The van der Waals surface area contributed by atoms with Crippen molar-refractivity contribution in [3.8, 4) is 0 Å². The molecule has 0 radical (unpaired) electrons. The van der Waals surface area contributed by atoms with Crippen molar-refractivity contribution in [2.24, 2.45) is 0 Å². The number of unbranched alkanes of at least 4 members (excludes halogenated alkanes) is 17. The number of hydrogen-bond donors (Lipinski definition) is 7. The molecular formula is C55H94O15. The summed E-state index contributed by atoms with van der Waals surface area (Å²) in [6.07, 6.45) is 31.0. The minimum Gasteiger partial charge on any atom is -0.462 e. The predicted molar refractivity (Wildman–Crippen MR) is 270 cm³/mol. The van der Waals surface area contributed by atoms with Crippen molar-refractivity contribution in [3.63, 3.8) is 0 Å². The maximum atomic E-state index is 13.0. The lowest BCUT2D eigenvalue weighted by Crippen LogP contribution is -2.61. The van der Waals surface area contributed by atoms with Crippen molar-refractivity contribution < 1.29 is 73.8 Å². The molecule has 0 aromatic heterocycles. The minimum absolute atomic E-state index is 0.151. The summed E-state index contributed by atoms with van der Waals surface area (Å²) in [5.41, 5.74) is 0. The molecule has 0 saturated carbocycles. The molecule has 15 heteroatoms. The van der Waals surface area contributed by atoms with Crippen LogP contribution in [0.3, 0.4) is 0 Å². The molecule has 2 aliphatic rings. The molecule has 0 spiro atoms. The second-order valence-electron chi connectivity index (χ2n) is 18.7. The second-order valence-corrected chi connectivity index (χ2v) is 18.7. The highest BCUT2D eigenvalue weighted by Gasteiger charge is 2.47. The fourth-order valence-electron chi connectivity index (χ4n) is 8.02. The van der Waals surface area contributed by atoms with E-state index in [2.05, 4.69) is 74.6 Å². The molecule has 4 unspecified atom stereocenters. The lowest BCUT2D eigenvalue weighted by atomic mass is 9.98. The number of ether oxygens (including phenoxy) is 6. The maximum absolute atomic E-state index is 13.0. The van der Waals surface area contributed by atoms with Crippen molar-refractivity contribution in [3.05, 3.63) is 60.8 Å². The Bertz CT molecular complexity index is 1450. The van der Waals surface area contributed by atoms with Gasteiger partial charge in [0.15, 0.2) is 18.7 Å². The quantitative estimate of drug-likeness (QED) is 0.0175. The molecule has 0 aromatic carbocycles. The number of carbonyl (C=O) groups is 2. The van der Waals surface area contributed by atoms with E-state index in [1.807, 2.05) is 0 Å². The van der Waals surface area contributed by atoms with Crippen molar-refractivity contribution >= 4 is 11.9 Å². The Balaban J connectivity index is 1.81. The lowest BCUT2D eigenvalue weighted by Gasteiger charge is -2.42. The van der Waals surface area contributed by atoms with E-state index in [0.29, 0.717) is 12.8 Å². The molecule has 0 aromatic rings. The summed E-state index contributed by atoms with van der Waals surface area (Å²) >= 11 is 0. The molecule has 11 atom stereocenters. The van der Waals surface area contributed by atoms with Gasteiger partial charge in [-0.15, -0.1) is 0 Å². The number of rotatable bonds is 41. The van der Waals surface area contributed by atoms with Crippen LogP contribution in [0.4, 0.5) is 0 Å². The van der Waals surface area contributed by atoms with Crippen LogP contribution in [0.25, 0.3) is 0 Å². The van der Waals surface area contributed by atoms with Gasteiger partial charge in [-0.3, -0.25) is 9.59 Å². The topological polar surface area (TPSA) is 231 Å². The highest BCUT2D eigenvalue weighted by molar-refractivity contribution is 5.70. The van der Waals surface area contributed by atoms with Crippen LogP contribution in [0.5, 0.6) is 0 Å². The van der Waals surface area contributed by atoms with Crippen molar-refractivity contribution in [1.82, 2.24) is 0 Å². The molecule has 404 valence electrons. The molecule has 2 rings (SSSR count). The molecule has 2 saturated heterocycles. The molecule has 15 nitrogen and oxygen atoms in total. The monoisotopic (exact) mass is 995 g/mol. The van der Waals surface area contributed by atoms with Gasteiger partial charge in [0.1, 0.15) is 55.4 Å². The molecule has 7 N–H and O–H groups in total. The zero-order valence-electron chi connectivity index (χ0n) is 42.7. The van der Waals surface area contributed by atoms with Gasteiger partial charge in [0, 0.05) is 12.8 Å². The molecule has 2 heterocycles. The minimum atomic E-state index is -1.77. The van der Waals surface area contributed by atoms with Crippen LogP contribution in [-0.4, -0.2) is 142 Å². The summed E-state index contributed by atoms with van der Waals surface area (Å²) in [5.74, 6) is -0.968. The Hall–Kier alpha value is -2.80. The maximum Gasteiger partial charge on any atom is 0.306 e. The van der Waals surface area contributed by atoms with E-state index < -0.39 is 99.3 Å². The van der Waals surface area contributed by atoms with Crippen molar-refractivity contribution in [1.29, 1.82) is 0 Å². The van der Waals surface area contributed by atoms with Crippen LogP contribution >= 0.6 is 0 Å². The number of aliphatic hydroxyl groups excluding tert-OH is 7. The van der Waals surface area contributed by atoms with E-state index in [9.17, 15) is 45.3 Å². The summed E-state index contributed by atoms with van der Waals surface area (Å²) < 4.78 is 33.6. The smallest absolute Gasteiger partial charge is 0.306 e. The molecule has 2 aliphatic heterocycles.